The monoisotopic (exact) mass is 170 g/mol. The lowest BCUT2D eigenvalue weighted by Crippen LogP contribution is -2.22. The maximum Gasteiger partial charge on any atom is 0.303 e. The van der Waals surface area contributed by atoms with Gasteiger partial charge in [0.15, 0.2) is 0 Å². The molecule has 0 saturated carbocycles. The molecule has 1 N–H and O–H groups in total. The Bertz CT molecular complexity index is 188. The third kappa shape index (κ3) is 5.75. The molecule has 0 fully saturated rings. The summed E-state index contributed by atoms with van der Waals surface area (Å²) < 4.78 is 5.23. The molecule has 3 heteroatoms. The fraction of sp³-hybridized carbons (Fsp3) is 0.667. The van der Waals surface area contributed by atoms with E-state index in [-0.39, 0.29) is 6.42 Å². The van der Waals surface area contributed by atoms with E-state index < -0.39 is 11.6 Å². The number of carboxylic acid groups (broad SMARTS) is 1. The van der Waals surface area contributed by atoms with E-state index in [2.05, 4.69) is 5.92 Å². The highest BCUT2D eigenvalue weighted by atomic mass is 16.5. The molecular weight excluding hydrogens is 156 g/mol. The number of aliphatic carboxylic acids is 1. The first-order chi connectivity index (χ1) is 5.48. The van der Waals surface area contributed by atoms with Crippen LogP contribution < -0.4 is 0 Å². The molecule has 0 aromatic rings. The van der Waals surface area contributed by atoms with Crippen LogP contribution in [0.5, 0.6) is 0 Å². The molecule has 0 aliphatic heterocycles. The summed E-state index contributed by atoms with van der Waals surface area (Å²) in [6, 6.07) is 0. The van der Waals surface area contributed by atoms with Crippen molar-refractivity contribution >= 4 is 5.97 Å². The minimum absolute atomic E-state index is 0.126. The van der Waals surface area contributed by atoms with E-state index in [4.69, 9.17) is 16.3 Å². The lowest BCUT2D eigenvalue weighted by molar-refractivity contribution is -0.137. The van der Waals surface area contributed by atoms with Crippen molar-refractivity contribution < 1.29 is 14.6 Å². The largest absolute Gasteiger partial charge is 0.481 e. The van der Waals surface area contributed by atoms with Crippen LogP contribution in [0, 0.1) is 12.3 Å². The van der Waals surface area contributed by atoms with Gasteiger partial charge in [0.05, 0.1) is 0 Å². The zero-order chi connectivity index (χ0) is 9.61. The molecule has 0 spiro atoms. The van der Waals surface area contributed by atoms with Crippen molar-refractivity contribution in [1.29, 1.82) is 0 Å². The van der Waals surface area contributed by atoms with Crippen molar-refractivity contribution in [3.05, 3.63) is 0 Å². The Kier molecular flexibility index (Phi) is 4.38. The standard InChI is InChI=1S/C9H14O3/c1-4-9(2,3)12-7-5-6-8(10)11/h1H,5-7H2,2-3H3,(H,10,11). The molecular formula is C9H14O3. The van der Waals surface area contributed by atoms with Gasteiger partial charge in [-0.2, -0.15) is 0 Å². The van der Waals surface area contributed by atoms with Gasteiger partial charge in [0.25, 0.3) is 0 Å². The van der Waals surface area contributed by atoms with E-state index in [9.17, 15) is 4.79 Å². The van der Waals surface area contributed by atoms with Gasteiger partial charge in [-0.15, -0.1) is 6.42 Å². The highest BCUT2D eigenvalue weighted by Crippen LogP contribution is 2.07. The van der Waals surface area contributed by atoms with Crippen LogP contribution in [-0.4, -0.2) is 23.3 Å². The van der Waals surface area contributed by atoms with E-state index >= 15 is 0 Å². The van der Waals surface area contributed by atoms with Gasteiger partial charge in [-0.25, -0.2) is 0 Å². The zero-order valence-electron chi connectivity index (χ0n) is 7.46. The molecule has 0 atom stereocenters. The Balaban J connectivity index is 3.45. The molecule has 0 bridgehead atoms. The Morgan fingerprint density at radius 2 is 2.25 bits per heavy atom. The Labute approximate surface area is 72.7 Å². The summed E-state index contributed by atoms with van der Waals surface area (Å²) in [5.74, 6) is 1.65. The van der Waals surface area contributed by atoms with Crippen LogP contribution in [0.15, 0.2) is 0 Å². The molecule has 0 unspecified atom stereocenters. The topological polar surface area (TPSA) is 46.5 Å². The van der Waals surface area contributed by atoms with Gasteiger partial charge in [0, 0.05) is 13.0 Å². The maximum absolute atomic E-state index is 10.1. The fourth-order valence-electron chi connectivity index (χ4n) is 0.592. The normalized spacial score (nSPS) is 10.8. The van der Waals surface area contributed by atoms with Gasteiger partial charge in [-0.05, 0) is 20.3 Å². The number of hydrogen-bond acceptors (Lipinski definition) is 2. The van der Waals surface area contributed by atoms with E-state index in [0.717, 1.165) is 0 Å². The predicted octanol–water partition coefficient (Wildman–Crippen LogP) is 1.28. The van der Waals surface area contributed by atoms with Crippen molar-refractivity contribution in [2.45, 2.75) is 32.3 Å². The molecule has 0 heterocycles. The first-order valence-electron chi connectivity index (χ1n) is 3.81. The molecule has 0 aromatic carbocycles. The highest BCUT2D eigenvalue weighted by Gasteiger charge is 2.13. The third-order valence-corrected chi connectivity index (χ3v) is 1.35. The Morgan fingerprint density at radius 3 is 2.67 bits per heavy atom. The van der Waals surface area contributed by atoms with Crippen LogP contribution in [0.2, 0.25) is 0 Å². The molecule has 0 radical (unpaired) electrons. The smallest absolute Gasteiger partial charge is 0.303 e. The van der Waals surface area contributed by atoms with Gasteiger partial charge in [0.1, 0.15) is 5.60 Å². The number of carboxylic acids is 1. The second-order valence-electron chi connectivity index (χ2n) is 3.00. The van der Waals surface area contributed by atoms with E-state index in [1.807, 2.05) is 0 Å². The van der Waals surface area contributed by atoms with Crippen LogP contribution in [0.3, 0.4) is 0 Å². The molecule has 0 aliphatic carbocycles. The van der Waals surface area contributed by atoms with Crippen LogP contribution in [0.25, 0.3) is 0 Å². The van der Waals surface area contributed by atoms with E-state index in [1.165, 1.54) is 0 Å². The average Bonchev–Trinajstić information content (AvgIpc) is 1.98. The predicted molar refractivity (Wildman–Crippen MR) is 45.7 cm³/mol. The first kappa shape index (κ1) is 11.0. The van der Waals surface area contributed by atoms with Gasteiger partial charge >= 0.3 is 5.97 Å². The SMILES string of the molecule is C#CC(C)(C)OCCCC(=O)O. The molecule has 0 aromatic heterocycles. The number of carbonyl (C=O) groups is 1. The van der Waals surface area contributed by atoms with E-state index in [1.54, 1.807) is 13.8 Å². The van der Waals surface area contributed by atoms with Gasteiger partial charge in [0.2, 0.25) is 0 Å². The van der Waals surface area contributed by atoms with Crippen molar-refractivity contribution in [1.82, 2.24) is 0 Å². The number of ether oxygens (including phenoxy) is 1. The summed E-state index contributed by atoms with van der Waals surface area (Å²) >= 11 is 0. The number of terminal acetylenes is 1. The third-order valence-electron chi connectivity index (χ3n) is 1.35. The Morgan fingerprint density at radius 1 is 1.67 bits per heavy atom. The summed E-state index contributed by atoms with van der Waals surface area (Å²) in [4.78, 5) is 10.1. The summed E-state index contributed by atoms with van der Waals surface area (Å²) in [5.41, 5.74) is -0.585. The number of rotatable bonds is 5. The fourth-order valence-corrected chi connectivity index (χ4v) is 0.592. The maximum atomic E-state index is 10.1. The van der Waals surface area contributed by atoms with Gasteiger partial charge in [-0.3, -0.25) is 4.79 Å². The highest BCUT2D eigenvalue weighted by molar-refractivity contribution is 5.66. The molecule has 12 heavy (non-hydrogen) atoms. The van der Waals surface area contributed by atoms with Crippen molar-refractivity contribution in [3.63, 3.8) is 0 Å². The van der Waals surface area contributed by atoms with Crippen molar-refractivity contribution in [2.75, 3.05) is 6.61 Å². The first-order valence-corrected chi connectivity index (χ1v) is 3.81. The second-order valence-corrected chi connectivity index (χ2v) is 3.00. The summed E-state index contributed by atoms with van der Waals surface area (Å²) in [6.45, 7) is 3.94. The van der Waals surface area contributed by atoms with Crippen molar-refractivity contribution in [2.24, 2.45) is 0 Å². The lowest BCUT2D eigenvalue weighted by atomic mass is 10.1. The molecule has 0 rings (SSSR count). The van der Waals surface area contributed by atoms with Gasteiger partial charge in [-0.1, -0.05) is 5.92 Å². The lowest BCUT2D eigenvalue weighted by Gasteiger charge is -2.17. The number of hydrogen-bond donors (Lipinski definition) is 1. The van der Waals surface area contributed by atoms with Gasteiger partial charge < -0.3 is 9.84 Å². The van der Waals surface area contributed by atoms with Crippen LogP contribution in [0.1, 0.15) is 26.7 Å². The minimum Gasteiger partial charge on any atom is -0.481 e. The zero-order valence-corrected chi connectivity index (χ0v) is 7.46. The van der Waals surface area contributed by atoms with Crippen LogP contribution >= 0.6 is 0 Å². The quantitative estimate of drug-likeness (QED) is 0.499. The Hall–Kier alpha value is -1.01. The van der Waals surface area contributed by atoms with Crippen LogP contribution in [-0.2, 0) is 9.53 Å². The average molecular weight is 170 g/mol. The molecule has 0 amide bonds. The summed E-state index contributed by atoms with van der Waals surface area (Å²) in [7, 11) is 0. The molecule has 0 aliphatic rings. The summed E-state index contributed by atoms with van der Waals surface area (Å²) in [5, 5.41) is 8.30. The summed E-state index contributed by atoms with van der Waals surface area (Å²) in [6.07, 6.45) is 5.78. The molecule has 3 nitrogen and oxygen atoms in total. The second kappa shape index (κ2) is 4.78. The van der Waals surface area contributed by atoms with Crippen molar-refractivity contribution in [3.8, 4) is 12.3 Å². The molecule has 0 saturated heterocycles. The molecule has 68 valence electrons. The van der Waals surface area contributed by atoms with Crippen LogP contribution in [0.4, 0.5) is 0 Å². The van der Waals surface area contributed by atoms with E-state index in [0.29, 0.717) is 13.0 Å². The minimum atomic E-state index is -0.808.